The highest BCUT2D eigenvalue weighted by atomic mass is 16.5. The first-order valence-electron chi connectivity index (χ1n) is 6.06. The number of hydrogen-bond acceptors (Lipinski definition) is 3. The van der Waals surface area contributed by atoms with Gasteiger partial charge in [0.2, 0.25) is 5.91 Å². The lowest BCUT2D eigenvalue weighted by Crippen LogP contribution is -2.26. The predicted octanol–water partition coefficient (Wildman–Crippen LogP) is 1.64. The number of carbonyl (C=O) groups is 2. The second kappa shape index (κ2) is 7.25. The lowest BCUT2D eigenvalue weighted by Gasteiger charge is -2.09. The molecule has 4 heteroatoms. The second-order valence-electron chi connectivity index (χ2n) is 4.37. The fraction of sp³-hybridized carbons (Fsp3) is 0.833. The van der Waals surface area contributed by atoms with Gasteiger partial charge in [-0.15, -0.1) is 0 Å². The molecule has 1 fully saturated rings. The largest absolute Gasteiger partial charge is 0.469 e. The Morgan fingerprint density at radius 1 is 1.25 bits per heavy atom. The molecule has 0 atom stereocenters. The zero-order chi connectivity index (χ0) is 11.8. The van der Waals surface area contributed by atoms with E-state index in [-0.39, 0.29) is 24.7 Å². The van der Waals surface area contributed by atoms with E-state index in [1.165, 1.54) is 32.8 Å². The van der Waals surface area contributed by atoms with E-state index in [9.17, 15) is 9.59 Å². The van der Waals surface area contributed by atoms with Crippen molar-refractivity contribution in [2.24, 2.45) is 5.92 Å². The first-order chi connectivity index (χ1) is 7.72. The van der Waals surface area contributed by atoms with Gasteiger partial charge in [-0.3, -0.25) is 9.59 Å². The molecule has 1 saturated carbocycles. The Morgan fingerprint density at radius 2 is 1.94 bits per heavy atom. The lowest BCUT2D eigenvalue weighted by atomic mass is 10.0. The molecule has 0 aliphatic heterocycles. The van der Waals surface area contributed by atoms with Crippen LogP contribution in [0.2, 0.25) is 0 Å². The average Bonchev–Trinajstić information content (AvgIpc) is 2.79. The van der Waals surface area contributed by atoms with E-state index >= 15 is 0 Å². The summed E-state index contributed by atoms with van der Waals surface area (Å²) in [5.41, 5.74) is 0. The summed E-state index contributed by atoms with van der Waals surface area (Å²) < 4.78 is 4.47. The molecule has 0 aromatic carbocycles. The van der Waals surface area contributed by atoms with Gasteiger partial charge in [0.15, 0.2) is 0 Å². The fourth-order valence-electron chi connectivity index (χ4n) is 2.12. The van der Waals surface area contributed by atoms with Crippen LogP contribution in [0.15, 0.2) is 0 Å². The van der Waals surface area contributed by atoms with Crippen LogP contribution in [0.25, 0.3) is 0 Å². The van der Waals surface area contributed by atoms with Gasteiger partial charge in [0, 0.05) is 13.0 Å². The zero-order valence-electron chi connectivity index (χ0n) is 9.96. The van der Waals surface area contributed by atoms with Crippen molar-refractivity contribution in [3.8, 4) is 0 Å². The molecule has 1 N–H and O–H groups in total. The van der Waals surface area contributed by atoms with Gasteiger partial charge in [0.25, 0.3) is 0 Å². The summed E-state index contributed by atoms with van der Waals surface area (Å²) in [7, 11) is 1.33. The molecule has 16 heavy (non-hydrogen) atoms. The van der Waals surface area contributed by atoms with Gasteiger partial charge in [-0.1, -0.05) is 25.7 Å². The molecule has 1 amide bonds. The summed E-state index contributed by atoms with van der Waals surface area (Å²) in [5, 5.41) is 2.84. The molecule has 1 rings (SSSR count). The number of hydrogen-bond donors (Lipinski definition) is 1. The van der Waals surface area contributed by atoms with E-state index in [4.69, 9.17) is 0 Å². The SMILES string of the molecule is COC(=O)CCC(=O)NCCC1CCCC1. The number of carbonyl (C=O) groups excluding carboxylic acids is 2. The average molecular weight is 227 g/mol. The lowest BCUT2D eigenvalue weighted by molar-refractivity contribution is -0.142. The van der Waals surface area contributed by atoms with Crippen molar-refractivity contribution in [1.29, 1.82) is 0 Å². The number of esters is 1. The third-order valence-corrected chi connectivity index (χ3v) is 3.13. The highest BCUT2D eigenvalue weighted by Crippen LogP contribution is 2.26. The number of rotatable bonds is 6. The molecule has 0 radical (unpaired) electrons. The van der Waals surface area contributed by atoms with Crippen LogP contribution in [0.1, 0.15) is 44.9 Å². The van der Waals surface area contributed by atoms with Crippen LogP contribution in [-0.2, 0) is 14.3 Å². The third kappa shape index (κ3) is 5.14. The molecule has 1 aliphatic carbocycles. The van der Waals surface area contributed by atoms with Crippen molar-refractivity contribution in [2.75, 3.05) is 13.7 Å². The second-order valence-corrected chi connectivity index (χ2v) is 4.37. The van der Waals surface area contributed by atoms with Crippen molar-refractivity contribution in [3.63, 3.8) is 0 Å². The highest BCUT2D eigenvalue weighted by molar-refractivity contribution is 5.81. The van der Waals surface area contributed by atoms with Crippen molar-refractivity contribution in [3.05, 3.63) is 0 Å². The topological polar surface area (TPSA) is 55.4 Å². The van der Waals surface area contributed by atoms with Gasteiger partial charge in [-0.25, -0.2) is 0 Å². The zero-order valence-corrected chi connectivity index (χ0v) is 9.96. The molecule has 1 aliphatic rings. The Balaban J connectivity index is 1.99. The molecule has 4 nitrogen and oxygen atoms in total. The minimum absolute atomic E-state index is 0.0524. The van der Waals surface area contributed by atoms with E-state index in [1.807, 2.05) is 0 Å². The van der Waals surface area contributed by atoms with Crippen LogP contribution in [-0.4, -0.2) is 25.5 Å². The van der Waals surface area contributed by atoms with Crippen molar-refractivity contribution in [2.45, 2.75) is 44.9 Å². The van der Waals surface area contributed by atoms with Gasteiger partial charge in [-0.05, 0) is 12.3 Å². The van der Waals surface area contributed by atoms with Gasteiger partial charge in [0.05, 0.1) is 13.5 Å². The van der Waals surface area contributed by atoms with Crippen molar-refractivity contribution in [1.82, 2.24) is 5.32 Å². The van der Waals surface area contributed by atoms with E-state index in [1.54, 1.807) is 0 Å². The summed E-state index contributed by atoms with van der Waals surface area (Å²) in [5.74, 6) is 0.412. The fourth-order valence-corrected chi connectivity index (χ4v) is 2.12. The number of amides is 1. The smallest absolute Gasteiger partial charge is 0.306 e. The van der Waals surface area contributed by atoms with Gasteiger partial charge < -0.3 is 10.1 Å². The molecular weight excluding hydrogens is 206 g/mol. The Labute approximate surface area is 96.7 Å². The quantitative estimate of drug-likeness (QED) is 0.702. The Kier molecular flexibility index (Phi) is 5.90. The van der Waals surface area contributed by atoms with E-state index < -0.39 is 0 Å². The van der Waals surface area contributed by atoms with Crippen molar-refractivity contribution >= 4 is 11.9 Å². The molecule has 0 bridgehead atoms. The maximum atomic E-state index is 11.3. The van der Waals surface area contributed by atoms with Crippen LogP contribution >= 0.6 is 0 Å². The molecule has 0 saturated heterocycles. The Hall–Kier alpha value is -1.06. The first-order valence-corrected chi connectivity index (χ1v) is 6.06. The summed E-state index contributed by atoms with van der Waals surface area (Å²) in [6.07, 6.45) is 6.75. The third-order valence-electron chi connectivity index (χ3n) is 3.13. The van der Waals surface area contributed by atoms with Crippen LogP contribution in [0, 0.1) is 5.92 Å². The Morgan fingerprint density at radius 3 is 2.56 bits per heavy atom. The summed E-state index contributed by atoms with van der Waals surface area (Å²) in [6, 6.07) is 0. The molecule has 0 spiro atoms. The minimum Gasteiger partial charge on any atom is -0.469 e. The molecular formula is C12H21NO3. The molecule has 0 heterocycles. The predicted molar refractivity (Wildman–Crippen MR) is 60.8 cm³/mol. The number of methoxy groups -OCH3 is 1. The maximum Gasteiger partial charge on any atom is 0.306 e. The molecule has 0 aromatic rings. The normalized spacial score (nSPS) is 16.1. The molecule has 92 valence electrons. The summed E-state index contributed by atoms with van der Waals surface area (Å²) in [6.45, 7) is 0.741. The molecule has 0 aromatic heterocycles. The van der Waals surface area contributed by atoms with Crippen LogP contribution in [0.5, 0.6) is 0 Å². The molecule has 0 unspecified atom stereocenters. The van der Waals surface area contributed by atoms with Gasteiger partial charge in [-0.2, -0.15) is 0 Å². The first kappa shape index (κ1) is 13.0. The number of ether oxygens (including phenoxy) is 1. The highest BCUT2D eigenvalue weighted by Gasteiger charge is 2.14. The Bertz CT molecular complexity index is 234. The minimum atomic E-state index is -0.328. The van der Waals surface area contributed by atoms with E-state index in [0.717, 1.165) is 18.9 Å². The van der Waals surface area contributed by atoms with Gasteiger partial charge in [0.1, 0.15) is 0 Å². The van der Waals surface area contributed by atoms with Crippen LogP contribution < -0.4 is 5.32 Å². The van der Waals surface area contributed by atoms with E-state index in [2.05, 4.69) is 10.1 Å². The van der Waals surface area contributed by atoms with Gasteiger partial charge >= 0.3 is 5.97 Å². The standard InChI is InChI=1S/C12H21NO3/c1-16-12(15)7-6-11(14)13-9-8-10-4-2-3-5-10/h10H,2-9H2,1H3,(H,13,14). The summed E-state index contributed by atoms with van der Waals surface area (Å²) in [4.78, 5) is 22.1. The number of nitrogens with one attached hydrogen (secondary N) is 1. The summed E-state index contributed by atoms with van der Waals surface area (Å²) >= 11 is 0. The van der Waals surface area contributed by atoms with Crippen molar-refractivity contribution < 1.29 is 14.3 Å². The van der Waals surface area contributed by atoms with E-state index in [0.29, 0.717) is 0 Å². The van der Waals surface area contributed by atoms with Crippen LogP contribution in [0.4, 0.5) is 0 Å². The maximum absolute atomic E-state index is 11.3. The monoisotopic (exact) mass is 227 g/mol. The van der Waals surface area contributed by atoms with Crippen LogP contribution in [0.3, 0.4) is 0 Å².